The van der Waals surface area contributed by atoms with Gasteiger partial charge in [-0.25, -0.2) is 10.1 Å². The predicted octanol–water partition coefficient (Wildman–Crippen LogP) is 8.58. The fourth-order valence-corrected chi connectivity index (χ4v) is 9.32. The minimum atomic E-state index is -1.77. The van der Waals surface area contributed by atoms with Gasteiger partial charge in [-0.3, -0.25) is 8.98 Å². The molecule has 0 radical (unpaired) electrons. The van der Waals surface area contributed by atoms with E-state index in [4.69, 9.17) is 33.1 Å². The Balaban J connectivity index is 2.05. The molecule has 65 heavy (non-hydrogen) atoms. The van der Waals surface area contributed by atoms with Gasteiger partial charge in [0.25, 0.3) is 0 Å². The Morgan fingerprint density at radius 3 is 1.68 bits per heavy atom. The Morgan fingerprint density at radius 2 is 1.14 bits per heavy atom. The molecular formula is C48H88O16S. The number of aliphatic hydroxyl groups excluding tert-OH is 5. The molecule has 2 saturated heterocycles. The first-order valence-corrected chi connectivity index (χ1v) is 25.6. The number of rotatable bonds is 37. The van der Waals surface area contributed by atoms with Gasteiger partial charge < -0.3 is 49.2 Å². The molecule has 17 heteroatoms. The van der Waals surface area contributed by atoms with Crippen molar-refractivity contribution < 1.29 is 77.6 Å². The van der Waals surface area contributed by atoms with Crippen molar-refractivity contribution in [2.45, 2.75) is 251 Å². The third-order valence-electron chi connectivity index (χ3n) is 12.6. The van der Waals surface area contributed by atoms with Gasteiger partial charge in [0.1, 0.15) is 30.5 Å². The molecule has 13 atom stereocenters. The van der Waals surface area contributed by atoms with Crippen LogP contribution in [0.1, 0.15) is 189 Å². The van der Waals surface area contributed by atoms with Crippen LogP contribution in [0.3, 0.4) is 0 Å². The highest BCUT2D eigenvalue weighted by Gasteiger charge is 2.54. The summed E-state index contributed by atoms with van der Waals surface area (Å²) in [6.07, 6.45) is 11.9. The molecule has 0 aliphatic carbocycles. The summed E-state index contributed by atoms with van der Waals surface area (Å²) in [5.41, 5.74) is 0.271. The Morgan fingerprint density at radius 1 is 0.631 bits per heavy atom. The van der Waals surface area contributed by atoms with Crippen LogP contribution in [0.2, 0.25) is 0 Å². The van der Waals surface area contributed by atoms with Crippen LogP contribution in [0, 0.1) is 17.8 Å². The van der Waals surface area contributed by atoms with Crippen LogP contribution >= 0.6 is 12.3 Å². The summed E-state index contributed by atoms with van der Waals surface area (Å²) < 4.78 is 38.9. The molecule has 0 aromatic rings. The topological polar surface area (TPSA) is 229 Å². The Kier molecular flexibility index (Phi) is 32.7. The maximum atomic E-state index is 13.8. The molecule has 0 amide bonds. The van der Waals surface area contributed by atoms with Gasteiger partial charge in [-0.15, -0.1) is 4.33 Å². The molecule has 2 aliphatic heterocycles. The van der Waals surface area contributed by atoms with E-state index < -0.39 is 86.6 Å². The van der Waals surface area contributed by atoms with Crippen molar-refractivity contribution >= 4 is 24.3 Å². The number of unbranched alkanes of at least 4 members (excludes halogenated alkanes) is 17. The first-order chi connectivity index (χ1) is 31.3. The molecule has 2 fully saturated rings. The molecule has 0 bridgehead atoms. The van der Waals surface area contributed by atoms with E-state index in [-0.39, 0.29) is 30.2 Å². The van der Waals surface area contributed by atoms with Crippen LogP contribution in [0.25, 0.3) is 0 Å². The zero-order valence-electron chi connectivity index (χ0n) is 40.4. The van der Waals surface area contributed by atoms with Crippen molar-refractivity contribution in [2.75, 3.05) is 13.2 Å². The van der Waals surface area contributed by atoms with Gasteiger partial charge in [0.2, 0.25) is 6.29 Å². The highest BCUT2D eigenvalue weighted by Crippen LogP contribution is 2.34. The quantitative estimate of drug-likeness (QED) is 0.00855. The van der Waals surface area contributed by atoms with Gasteiger partial charge in [-0.1, -0.05) is 168 Å². The van der Waals surface area contributed by atoms with E-state index in [1.54, 1.807) is 6.92 Å². The summed E-state index contributed by atoms with van der Waals surface area (Å²) in [5, 5.41) is 65.0. The average molecular weight is 953 g/mol. The van der Waals surface area contributed by atoms with E-state index in [9.17, 15) is 35.1 Å². The van der Waals surface area contributed by atoms with E-state index in [0.29, 0.717) is 18.3 Å². The van der Waals surface area contributed by atoms with Gasteiger partial charge in [-0.2, -0.15) is 0 Å². The van der Waals surface area contributed by atoms with Crippen molar-refractivity contribution in [3.63, 3.8) is 0 Å². The van der Waals surface area contributed by atoms with Crippen molar-refractivity contribution in [3.8, 4) is 0 Å². The molecule has 0 saturated carbocycles. The van der Waals surface area contributed by atoms with Crippen molar-refractivity contribution in [2.24, 2.45) is 17.8 Å². The molecular weight excluding hydrogens is 865 g/mol. The number of carbonyl (C=O) groups excluding carboxylic acids is 2. The van der Waals surface area contributed by atoms with Gasteiger partial charge in [0, 0.05) is 12.0 Å². The van der Waals surface area contributed by atoms with Gasteiger partial charge in [-0.05, 0) is 43.9 Å². The largest absolute Gasteiger partial charge is 0.453 e. The number of carbonyl (C=O) groups is 2. The second-order valence-electron chi connectivity index (χ2n) is 18.7. The number of allylic oxidation sites excluding steroid dienone is 1. The molecule has 0 spiro atoms. The Bertz CT molecular complexity index is 1260. The number of hydrogen-bond donors (Lipinski definition) is 6. The molecule has 382 valence electrons. The lowest BCUT2D eigenvalue weighted by Gasteiger charge is -2.46. The minimum Gasteiger partial charge on any atom is -0.453 e. The van der Waals surface area contributed by atoms with Gasteiger partial charge in [0.05, 0.1) is 13.2 Å². The highest BCUT2D eigenvalue weighted by molar-refractivity contribution is 7.89. The Labute approximate surface area is 394 Å². The smallest absolute Gasteiger partial charge is 0.333 e. The monoisotopic (exact) mass is 953 g/mol. The van der Waals surface area contributed by atoms with Crippen molar-refractivity contribution in [3.05, 3.63) is 11.6 Å². The van der Waals surface area contributed by atoms with Gasteiger partial charge in [0.15, 0.2) is 36.9 Å². The molecule has 16 nitrogen and oxygen atoms in total. The summed E-state index contributed by atoms with van der Waals surface area (Å²) in [6, 6.07) is 0. The summed E-state index contributed by atoms with van der Waals surface area (Å²) >= 11 is 0.0562. The fraction of sp³-hybridized carbons (Fsp3) is 0.917. The Hall–Kier alpha value is -1.45. The van der Waals surface area contributed by atoms with Gasteiger partial charge >= 0.3 is 11.9 Å². The summed E-state index contributed by atoms with van der Waals surface area (Å²) in [6.45, 7) is 11.0. The number of aliphatic hydroxyl groups is 5. The second kappa shape index (κ2) is 35.6. The van der Waals surface area contributed by atoms with E-state index in [2.05, 4.69) is 37.1 Å². The standard InChI is InChI=1S/C48H88O16S/c1-7-9-11-13-14-15-16-17-18-19-20-21-23-24-26-33(3)28-34(4)29-35(5)30-36(6)46(55)60-43-41(53)38(32-50)58-48(45(43)59-39(51)27-25-22-12-10-8-2)61-47-44(62-65-64-63-56)42(54)40(52)37(31-49)57-47/h30,33-35,37-38,40-45,47-50,52-54,56H,7-29,31-32H2,1-6H3/b36-30+/t33-,34-,35-,37?,38?,40?,41?,42?,43?,44?,45?,47?,48?/m0/s1. The zero-order chi connectivity index (χ0) is 48.0. The number of hydrogen-bond acceptors (Lipinski definition) is 17. The molecule has 0 aromatic carbocycles. The van der Waals surface area contributed by atoms with Crippen LogP contribution < -0.4 is 0 Å². The van der Waals surface area contributed by atoms with Crippen LogP contribution in [-0.4, -0.2) is 117 Å². The van der Waals surface area contributed by atoms with Crippen LogP contribution in [0.5, 0.6) is 0 Å². The first kappa shape index (κ1) is 59.7. The lowest BCUT2D eigenvalue weighted by Crippen LogP contribution is -2.65. The minimum absolute atomic E-state index is 0.00188. The predicted molar refractivity (Wildman–Crippen MR) is 246 cm³/mol. The normalized spacial score (nSPS) is 27.6. The second-order valence-corrected chi connectivity index (χ2v) is 19.2. The molecule has 2 rings (SSSR count). The van der Waals surface area contributed by atoms with E-state index in [1.807, 2.05) is 13.0 Å². The number of ether oxygens (including phenoxy) is 5. The van der Waals surface area contributed by atoms with E-state index in [1.165, 1.54) is 96.3 Å². The van der Waals surface area contributed by atoms with Crippen molar-refractivity contribution in [1.82, 2.24) is 0 Å². The third kappa shape index (κ3) is 23.6. The van der Waals surface area contributed by atoms with Crippen LogP contribution in [-0.2, 0) is 46.8 Å². The lowest BCUT2D eigenvalue weighted by atomic mass is 9.86. The summed E-state index contributed by atoms with van der Waals surface area (Å²) in [4.78, 5) is 27.1. The molecule has 6 N–H and O–H groups in total. The highest BCUT2D eigenvalue weighted by atomic mass is 32.2. The summed E-state index contributed by atoms with van der Waals surface area (Å²) in [7, 11) is 0. The van der Waals surface area contributed by atoms with E-state index in [0.717, 1.165) is 38.5 Å². The average Bonchev–Trinajstić information content (AvgIpc) is 3.27. The maximum Gasteiger partial charge on any atom is 0.333 e. The fourth-order valence-electron chi connectivity index (χ4n) is 8.97. The third-order valence-corrected chi connectivity index (χ3v) is 13.0. The SMILES string of the molecule is CCCCCCCCCCCCCCCC[C@H](C)C[C@H](C)C[C@H](C)/C=C(\C)C(=O)OC1C(O)C(CO)OC(OC2OC(CO)C(O)C(O)C2OSOOO)C1OC(=O)CCCCCCC. The van der Waals surface area contributed by atoms with Crippen LogP contribution in [0.15, 0.2) is 11.6 Å². The lowest BCUT2D eigenvalue weighted by molar-refractivity contribution is -0.435. The first-order valence-electron chi connectivity index (χ1n) is 24.9. The van der Waals surface area contributed by atoms with Crippen molar-refractivity contribution in [1.29, 1.82) is 0 Å². The molecule has 2 heterocycles. The van der Waals surface area contributed by atoms with Crippen LogP contribution in [0.4, 0.5) is 0 Å². The molecule has 10 unspecified atom stereocenters. The number of esters is 2. The van der Waals surface area contributed by atoms with E-state index >= 15 is 0 Å². The molecule has 2 aliphatic rings. The summed E-state index contributed by atoms with van der Waals surface area (Å²) in [5.74, 6) is -0.454. The molecule has 0 aromatic heterocycles. The maximum absolute atomic E-state index is 13.8. The zero-order valence-corrected chi connectivity index (χ0v) is 41.3.